The van der Waals surface area contributed by atoms with Gasteiger partial charge in [0.05, 0.1) is 5.69 Å². The van der Waals surface area contributed by atoms with Crippen LogP contribution >= 0.6 is 15.9 Å². The molecule has 2 rings (SSSR count). The molecule has 0 saturated heterocycles. The molecule has 0 amide bonds. The second kappa shape index (κ2) is 5.45. The van der Waals surface area contributed by atoms with Crippen molar-refractivity contribution in [3.05, 3.63) is 52.3 Å². The number of hydrogen-bond donors (Lipinski definition) is 0. The average molecular weight is 364 g/mol. The van der Waals surface area contributed by atoms with Gasteiger partial charge in [-0.25, -0.2) is 8.78 Å². The first kappa shape index (κ1) is 14.9. The third-order valence-corrected chi connectivity index (χ3v) is 4.07. The second-order valence-corrected chi connectivity index (χ2v) is 6.28. The molecule has 0 N–H and O–H groups in total. The van der Waals surface area contributed by atoms with Crippen LogP contribution in [0.25, 0.3) is 0 Å². The molecule has 0 bridgehead atoms. The molecule has 106 valence electrons. The zero-order valence-corrected chi connectivity index (χ0v) is 12.5. The van der Waals surface area contributed by atoms with Gasteiger partial charge >= 0.3 is 10.1 Å². The number of benzene rings is 1. The molecule has 0 spiro atoms. The Hall–Kier alpha value is -1.54. The number of pyridine rings is 1. The van der Waals surface area contributed by atoms with Gasteiger partial charge in [-0.15, -0.1) is 0 Å². The van der Waals surface area contributed by atoms with E-state index in [4.69, 9.17) is 4.18 Å². The van der Waals surface area contributed by atoms with E-state index in [1.54, 1.807) is 0 Å². The first-order valence-electron chi connectivity index (χ1n) is 5.31. The van der Waals surface area contributed by atoms with Crippen LogP contribution in [0.1, 0.15) is 5.69 Å². The van der Waals surface area contributed by atoms with Gasteiger partial charge in [0.1, 0.15) is 16.5 Å². The predicted molar refractivity (Wildman–Crippen MR) is 70.8 cm³/mol. The number of halogens is 3. The summed E-state index contributed by atoms with van der Waals surface area (Å²) >= 11 is 3.12. The van der Waals surface area contributed by atoms with Gasteiger partial charge in [0.25, 0.3) is 0 Å². The lowest BCUT2D eigenvalue weighted by molar-refractivity contribution is 0.471. The third-order valence-electron chi connectivity index (χ3n) is 2.37. The van der Waals surface area contributed by atoms with Crippen molar-refractivity contribution < 1.29 is 21.4 Å². The monoisotopic (exact) mass is 363 g/mol. The van der Waals surface area contributed by atoms with Gasteiger partial charge in [-0.1, -0.05) is 0 Å². The average Bonchev–Trinajstić information content (AvgIpc) is 2.33. The minimum absolute atomic E-state index is 0.0388. The Balaban J connectivity index is 2.43. The molecule has 2 aromatic rings. The van der Waals surface area contributed by atoms with E-state index in [2.05, 4.69) is 20.9 Å². The Morgan fingerprint density at radius 2 is 1.95 bits per heavy atom. The maximum absolute atomic E-state index is 13.5. The Morgan fingerprint density at radius 1 is 1.25 bits per heavy atom. The summed E-state index contributed by atoms with van der Waals surface area (Å²) in [6.07, 6.45) is 1.47. The summed E-state index contributed by atoms with van der Waals surface area (Å²) < 4.78 is 55.6. The first-order valence-corrected chi connectivity index (χ1v) is 7.51. The smallest absolute Gasteiger partial charge is 0.342 e. The molecule has 0 unspecified atom stereocenters. The Morgan fingerprint density at radius 3 is 2.60 bits per heavy atom. The summed E-state index contributed by atoms with van der Waals surface area (Å²) in [6.45, 7) is 1.54. The molecule has 1 heterocycles. The van der Waals surface area contributed by atoms with E-state index in [1.165, 1.54) is 19.2 Å². The molecule has 0 fully saturated rings. The normalized spacial score (nSPS) is 11.4. The Labute approximate surface area is 122 Å². The van der Waals surface area contributed by atoms with Crippen LogP contribution in [0.4, 0.5) is 8.78 Å². The maximum atomic E-state index is 13.5. The Kier molecular flexibility index (Phi) is 4.05. The number of aromatic nitrogens is 1. The SMILES string of the molecule is Cc1ncc(Br)cc1OS(=O)(=O)c1ccc(F)cc1F. The van der Waals surface area contributed by atoms with Crippen LogP contribution in [0.15, 0.2) is 39.8 Å². The zero-order valence-electron chi connectivity index (χ0n) is 10.1. The molecule has 20 heavy (non-hydrogen) atoms. The van der Waals surface area contributed by atoms with E-state index in [9.17, 15) is 17.2 Å². The summed E-state index contributed by atoms with van der Waals surface area (Å²) in [6, 6.07) is 3.51. The minimum Gasteiger partial charge on any atom is -0.377 e. The van der Waals surface area contributed by atoms with E-state index in [-0.39, 0.29) is 5.75 Å². The van der Waals surface area contributed by atoms with Crippen molar-refractivity contribution in [2.45, 2.75) is 11.8 Å². The molecule has 0 atom stereocenters. The molecule has 0 radical (unpaired) electrons. The fourth-order valence-electron chi connectivity index (χ4n) is 1.41. The summed E-state index contributed by atoms with van der Waals surface area (Å²) in [4.78, 5) is 3.17. The fourth-order valence-corrected chi connectivity index (χ4v) is 2.75. The van der Waals surface area contributed by atoms with Crippen molar-refractivity contribution in [3.63, 3.8) is 0 Å². The standard InChI is InChI=1S/C12H8BrF2NO3S/c1-7-11(4-8(13)6-16-7)19-20(17,18)12-3-2-9(14)5-10(12)15/h2-6H,1H3. The fraction of sp³-hybridized carbons (Fsp3) is 0.0833. The van der Waals surface area contributed by atoms with Crippen molar-refractivity contribution in [3.8, 4) is 5.75 Å². The van der Waals surface area contributed by atoms with Gasteiger partial charge < -0.3 is 4.18 Å². The van der Waals surface area contributed by atoms with Crippen molar-refractivity contribution in [2.24, 2.45) is 0 Å². The van der Waals surface area contributed by atoms with Gasteiger partial charge in [-0.05, 0) is 41.1 Å². The quantitative estimate of drug-likeness (QED) is 0.785. The highest BCUT2D eigenvalue weighted by Gasteiger charge is 2.23. The number of aryl methyl sites for hydroxylation is 1. The molecular formula is C12H8BrF2NO3S. The number of rotatable bonds is 3. The topological polar surface area (TPSA) is 56.3 Å². The van der Waals surface area contributed by atoms with Crippen LogP contribution in [0, 0.1) is 18.6 Å². The molecule has 8 heteroatoms. The lowest BCUT2D eigenvalue weighted by Gasteiger charge is -2.09. The molecule has 0 aliphatic rings. The highest BCUT2D eigenvalue weighted by molar-refractivity contribution is 9.10. The van der Waals surface area contributed by atoms with Gasteiger partial charge in [0.15, 0.2) is 5.75 Å². The van der Waals surface area contributed by atoms with Crippen molar-refractivity contribution in [1.29, 1.82) is 0 Å². The Bertz CT molecular complexity index is 765. The summed E-state index contributed by atoms with van der Waals surface area (Å²) in [5.41, 5.74) is 0.319. The van der Waals surface area contributed by atoms with Gasteiger partial charge in [-0.2, -0.15) is 8.42 Å². The predicted octanol–water partition coefficient (Wildman–Crippen LogP) is 3.20. The molecular weight excluding hydrogens is 356 g/mol. The molecule has 4 nitrogen and oxygen atoms in total. The van der Waals surface area contributed by atoms with E-state index in [0.29, 0.717) is 16.2 Å². The second-order valence-electron chi connectivity index (χ2n) is 3.85. The van der Waals surface area contributed by atoms with Crippen LogP contribution in [-0.4, -0.2) is 13.4 Å². The van der Waals surface area contributed by atoms with Crippen molar-refractivity contribution in [2.75, 3.05) is 0 Å². The van der Waals surface area contributed by atoms with Crippen molar-refractivity contribution in [1.82, 2.24) is 4.98 Å². The summed E-state index contributed by atoms with van der Waals surface area (Å²) in [5.74, 6) is -2.13. The van der Waals surface area contributed by atoms with Crippen LogP contribution in [0.2, 0.25) is 0 Å². The minimum atomic E-state index is -4.40. The largest absolute Gasteiger partial charge is 0.377 e. The maximum Gasteiger partial charge on any atom is 0.342 e. The zero-order chi connectivity index (χ0) is 14.9. The van der Waals surface area contributed by atoms with Crippen LogP contribution in [0.3, 0.4) is 0 Å². The third kappa shape index (κ3) is 3.13. The van der Waals surface area contributed by atoms with E-state index >= 15 is 0 Å². The lowest BCUT2D eigenvalue weighted by atomic mass is 10.3. The number of nitrogens with zero attached hydrogens (tertiary/aromatic N) is 1. The van der Waals surface area contributed by atoms with Gasteiger partial charge in [0, 0.05) is 16.7 Å². The molecule has 1 aromatic heterocycles. The molecule has 1 aromatic carbocycles. The van der Waals surface area contributed by atoms with E-state index < -0.39 is 26.6 Å². The van der Waals surface area contributed by atoms with Gasteiger partial charge in [0.2, 0.25) is 0 Å². The number of hydrogen-bond acceptors (Lipinski definition) is 4. The van der Waals surface area contributed by atoms with Gasteiger partial charge in [-0.3, -0.25) is 4.98 Å². The molecule has 0 aliphatic carbocycles. The van der Waals surface area contributed by atoms with Crippen molar-refractivity contribution >= 4 is 26.0 Å². The van der Waals surface area contributed by atoms with Crippen LogP contribution in [0.5, 0.6) is 5.75 Å². The summed E-state index contributed by atoms with van der Waals surface area (Å²) in [5, 5.41) is 0. The van der Waals surface area contributed by atoms with Crippen LogP contribution < -0.4 is 4.18 Å². The van der Waals surface area contributed by atoms with E-state index in [1.807, 2.05) is 0 Å². The van der Waals surface area contributed by atoms with E-state index in [0.717, 1.165) is 12.1 Å². The summed E-state index contributed by atoms with van der Waals surface area (Å²) in [7, 11) is -4.40. The highest BCUT2D eigenvalue weighted by atomic mass is 79.9. The highest BCUT2D eigenvalue weighted by Crippen LogP contribution is 2.25. The lowest BCUT2D eigenvalue weighted by Crippen LogP contribution is -2.13. The van der Waals surface area contributed by atoms with Crippen LogP contribution in [-0.2, 0) is 10.1 Å². The molecule has 0 aliphatic heterocycles. The molecule has 0 saturated carbocycles. The first-order chi connectivity index (χ1) is 9.29.